The first kappa shape index (κ1) is 16.7. The van der Waals surface area contributed by atoms with Crippen molar-refractivity contribution in [1.29, 1.82) is 0 Å². The molecular formula is C17H23N3O4. The maximum absolute atomic E-state index is 12.0. The van der Waals surface area contributed by atoms with Gasteiger partial charge in [0.15, 0.2) is 0 Å². The van der Waals surface area contributed by atoms with E-state index in [2.05, 4.69) is 15.2 Å². The molecule has 0 radical (unpaired) electrons. The Kier molecular flexibility index (Phi) is 4.71. The van der Waals surface area contributed by atoms with Crippen molar-refractivity contribution in [2.24, 2.45) is 11.8 Å². The minimum Gasteiger partial charge on any atom is -0.465 e. The number of rotatable bonds is 3. The van der Waals surface area contributed by atoms with Crippen molar-refractivity contribution in [2.45, 2.75) is 31.9 Å². The molecule has 7 nitrogen and oxygen atoms in total. The Balaban J connectivity index is 1.76. The van der Waals surface area contributed by atoms with E-state index in [4.69, 9.17) is 4.74 Å². The number of carbonyl (C=O) groups is 2. The monoisotopic (exact) mass is 333 g/mol. The number of methoxy groups -OCH3 is 1. The first-order valence-electron chi connectivity index (χ1n) is 8.23. The summed E-state index contributed by atoms with van der Waals surface area (Å²) in [5.74, 6) is 0.800. The molecule has 1 saturated heterocycles. The van der Waals surface area contributed by atoms with Crippen molar-refractivity contribution >= 4 is 17.7 Å². The van der Waals surface area contributed by atoms with E-state index in [9.17, 15) is 14.7 Å². The fourth-order valence-electron chi connectivity index (χ4n) is 3.94. The summed E-state index contributed by atoms with van der Waals surface area (Å²) < 4.78 is 4.84. The van der Waals surface area contributed by atoms with Crippen molar-refractivity contribution in [1.82, 2.24) is 10.3 Å². The molecular weight excluding hydrogens is 310 g/mol. The Labute approximate surface area is 141 Å². The summed E-state index contributed by atoms with van der Waals surface area (Å²) in [5, 5.41) is 13.1. The topological polar surface area (TPSA) is 91.8 Å². The van der Waals surface area contributed by atoms with Crippen LogP contribution in [0.1, 0.15) is 30.1 Å². The Morgan fingerprint density at radius 2 is 2.04 bits per heavy atom. The van der Waals surface area contributed by atoms with Gasteiger partial charge in [-0.1, -0.05) is 0 Å². The molecule has 130 valence electrons. The molecule has 3 rings (SSSR count). The lowest BCUT2D eigenvalue weighted by molar-refractivity contribution is -0.121. The van der Waals surface area contributed by atoms with Gasteiger partial charge in [-0.15, -0.1) is 0 Å². The lowest BCUT2D eigenvalue weighted by Crippen LogP contribution is -2.48. The van der Waals surface area contributed by atoms with Gasteiger partial charge in [0, 0.05) is 26.2 Å². The number of ether oxygens (including phenoxy) is 1. The fourth-order valence-corrected chi connectivity index (χ4v) is 3.94. The van der Waals surface area contributed by atoms with E-state index in [1.165, 1.54) is 14.0 Å². The molecule has 1 saturated carbocycles. The van der Waals surface area contributed by atoms with Crippen molar-refractivity contribution in [3.63, 3.8) is 0 Å². The summed E-state index contributed by atoms with van der Waals surface area (Å²) >= 11 is 0. The highest BCUT2D eigenvalue weighted by atomic mass is 16.5. The summed E-state index contributed by atoms with van der Waals surface area (Å²) in [4.78, 5) is 29.7. The molecule has 0 bridgehead atoms. The number of anilines is 1. The summed E-state index contributed by atoms with van der Waals surface area (Å²) in [5.41, 5.74) is 0.456. The second-order valence-corrected chi connectivity index (χ2v) is 6.64. The Hall–Kier alpha value is -2.15. The largest absolute Gasteiger partial charge is 0.465 e. The van der Waals surface area contributed by atoms with Crippen LogP contribution in [0, 0.1) is 11.8 Å². The third kappa shape index (κ3) is 3.21. The first-order valence-corrected chi connectivity index (χ1v) is 8.23. The van der Waals surface area contributed by atoms with Crippen molar-refractivity contribution in [2.75, 3.05) is 25.1 Å². The number of hydrogen-bond acceptors (Lipinski definition) is 6. The van der Waals surface area contributed by atoms with Gasteiger partial charge >= 0.3 is 5.97 Å². The third-order valence-corrected chi connectivity index (χ3v) is 5.02. The van der Waals surface area contributed by atoms with Gasteiger partial charge < -0.3 is 20.1 Å². The maximum Gasteiger partial charge on any atom is 0.341 e. The van der Waals surface area contributed by atoms with E-state index in [-0.39, 0.29) is 11.9 Å². The van der Waals surface area contributed by atoms with E-state index in [0.29, 0.717) is 29.6 Å². The van der Waals surface area contributed by atoms with Gasteiger partial charge in [0.2, 0.25) is 5.91 Å². The molecule has 0 spiro atoms. The molecule has 2 heterocycles. The Bertz CT molecular complexity index is 636. The fraction of sp³-hybridized carbons (Fsp3) is 0.588. The minimum absolute atomic E-state index is 0.120. The standard InChI is InChI=1S/C17H23N3O4/c1-10(21)19-14-6-11-8-20(9-12(11)7-15(14)22)16-13(17(23)24-2)4-3-5-18-16/h3-5,11-12,14-15,22H,6-9H2,1-2H3,(H,19,21)/t11-,12+,14-,15-/m1/s1. The highest BCUT2D eigenvalue weighted by Gasteiger charge is 2.42. The zero-order valence-electron chi connectivity index (χ0n) is 13.9. The SMILES string of the molecule is COC(=O)c1cccnc1N1C[C@H]2C[C@@H](NC(C)=O)[C@H](O)C[C@H]2C1. The van der Waals surface area contributed by atoms with E-state index in [1.54, 1.807) is 18.3 Å². The minimum atomic E-state index is -0.529. The maximum atomic E-state index is 12.0. The molecule has 7 heteroatoms. The molecule has 1 amide bonds. The predicted molar refractivity (Wildman–Crippen MR) is 87.6 cm³/mol. The molecule has 1 aliphatic carbocycles. The van der Waals surface area contributed by atoms with Gasteiger partial charge in [0.05, 0.1) is 19.3 Å². The second-order valence-electron chi connectivity index (χ2n) is 6.64. The second kappa shape index (κ2) is 6.76. The van der Waals surface area contributed by atoms with E-state index in [1.807, 2.05) is 0 Å². The van der Waals surface area contributed by atoms with Gasteiger partial charge in [0.25, 0.3) is 0 Å². The zero-order chi connectivity index (χ0) is 17.3. The number of pyridine rings is 1. The molecule has 0 aromatic carbocycles. The van der Waals surface area contributed by atoms with Gasteiger partial charge in [0.1, 0.15) is 11.4 Å². The quantitative estimate of drug-likeness (QED) is 0.786. The zero-order valence-corrected chi connectivity index (χ0v) is 13.9. The molecule has 0 unspecified atom stereocenters. The molecule has 2 N–H and O–H groups in total. The number of aliphatic hydroxyl groups is 1. The van der Waals surface area contributed by atoms with Gasteiger partial charge in [-0.2, -0.15) is 0 Å². The molecule has 4 atom stereocenters. The van der Waals surface area contributed by atoms with Crippen LogP contribution < -0.4 is 10.2 Å². The van der Waals surface area contributed by atoms with E-state index in [0.717, 1.165) is 19.5 Å². The number of esters is 1. The lowest BCUT2D eigenvalue weighted by Gasteiger charge is -2.35. The van der Waals surface area contributed by atoms with Crippen LogP contribution >= 0.6 is 0 Å². The smallest absolute Gasteiger partial charge is 0.341 e. The number of aliphatic hydroxyl groups excluding tert-OH is 1. The van der Waals surface area contributed by atoms with Crippen LogP contribution in [0.2, 0.25) is 0 Å². The van der Waals surface area contributed by atoms with E-state index >= 15 is 0 Å². The third-order valence-electron chi connectivity index (χ3n) is 5.02. The predicted octanol–water partition coefficient (Wildman–Crippen LogP) is 0.580. The molecule has 1 aliphatic heterocycles. The summed E-state index contributed by atoms with van der Waals surface area (Å²) in [6.07, 6.45) is 2.52. The molecule has 1 aromatic rings. The van der Waals surface area contributed by atoms with Gasteiger partial charge in [-0.05, 0) is 36.8 Å². The number of fused-ring (bicyclic) bond motifs is 1. The number of amides is 1. The van der Waals surface area contributed by atoms with Crippen LogP contribution in [-0.4, -0.2) is 54.3 Å². The average molecular weight is 333 g/mol. The molecule has 2 fully saturated rings. The Morgan fingerprint density at radius 1 is 1.33 bits per heavy atom. The van der Waals surface area contributed by atoms with Crippen LogP contribution in [0.4, 0.5) is 5.82 Å². The lowest BCUT2D eigenvalue weighted by atomic mass is 9.77. The van der Waals surface area contributed by atoms with Gasteiger partial charge in [-0.25, -0.2) is 9.78 Å². The number of aromatic nitrogens is 1. The van der Waals surface area contributed by atoms with Crippen molar-refractivity contribution < 1.29 is 19.4 Å². The van der Waals surface area contributed by atoms with Crippen LogP contribution in [-0.2, 0) is 9.53 Å². The van der Waals surface area contributed by atoms with Crippen molar-refractivity contribution in [3.8, 4) is 0 Å². The number of hydrogen-bond donors (Lipinski definition) is 2. The number of nitrogens with zero attached hydrogens (tertiary/aromatic N) is 2. The molecule has 24 heavy (non-hydrogen) atoms. The van der Waals surface area contributed by atoms with E-state index < -0.39 is 12.1 Å². The molecule has 2 aliphatic rings. The van der Waals surface area contributed by atoms with Crippen LogP contribution in [0.5, 0.6) is 0 Å². The van der Waals surface area contributed by atoms with Gasteiger partial charge in [-0.3, -0.25) is 4.79 Å². The van der Waals surface area contributed by atoms with Crippen LogP contribution in [0.25, 0.3) is 0 Å². The Morgan fingerprint density at radius 3 is 2.71 bits per heavy atom. The summed E-state index contributed by atoms with van der Waals surface area (Å²) in [7, 11) is 1.36. The molecule has 1 aromatic heterocycles. The first-order chi connectivity index (χ1) is 11.5. The highest BCUT2D eigenvalue weighted by Crippen LogP contribution is 2.38. The highest BCUT2D eigenvalue weighted by molar-refractivity contribution is 5.94. The number of nitrogens with one attached hydrogen (secondary N) is 1. The number of carbonyl (C=O) groups excluding carboxylic acids is 2. The van der Waals surface area contributed by atoms with Crippen LogP contribution in [0.15, 0.2) is 18.3 Å². The van der Waals surface area contributed by atoms with Crippen LogP contribution in [0.3, 0.4) is 0 Å². The summed E-state index contributed by atoms with van der Waals surface area (Å²) in [6, 6.07) is 3.23. The summed E-state index contributed by atoms with van der Waals surface area (Å²) in [6.45, 7) is 2.97. The van der Waals surface area contributed by atoms with Crippen molar-refractivity contribution in [3.05, 3.63) is 23.9 Å². The average Bonchev–Trinajstić information content (AvgIpc) is 2.96. The normalized spacial score (nSPS) is 29.0.